The monoisotopic (exact) mass is 555 g/mol. The van der Waals surface area contributed by atoms with Gasteiger partial charge in [0.25, 0.3) is 0 Å². The van der Waals surface area contributed by atoms with Crippen LogP contribution in [-0.4, -0.2) is 60.2 Å². The summed E-state index contributed by atoms with van der Waals surface area (Å²) in [5.74, 6) is 0.517. The van der Waals surface area contributed by atoms with Gasteiger partial charge in [0.1, 0.15) is 10.6 Å². The number of urea groups is 1. The first-order valence-electron chi connectivity index (χ1n) is 11.0. The molecule has 4 N–H and O–H groups in total. The van der Waals surface area contributed by atoms with Crippen molar-refractivity contribution < 1.29 is 27.3 Å². The highest BCUT2D eigenvalue weighted by molar-refractivity contribution is 7.87. The molecule has 36 heavy (non-hydrogen) atoms. The standard InChI is InChI=1S/C22H23Cl2N5O6S/c23-15-2-1-3-16(24)19(15)36(33,34)35-14-4-5-17-18(12-14)27-20(26-17)28-21(30)25-9-6-13-7-10-29(11-8-13)22(31)32/h1-5,12-13H,6-11H2,(H,31,32)(H3,25,26,27,28,30). The minimum Gasteiger partial charge on any atom is -0.465 e. The SMILES string of the molecule is O=C(NCCC1CCN(C(=O)O)CC1)Nc1nc2cc(OS(=O)(=O)c3c(Cl)cccc3Cl)ccc2[nH]1. The molecule has 192 valence electrons. The second kappa shape index (κ2) is 10.8. The zero-order valence-corrected chi connectivity index (χ0v) is 21.2. The molecule has 1 saturated heterocycles. The van der Waals surface area contributed by atoms with Crippen molar-refractivity contribution in [3.8, 4) is 5.75 Å². The fraction of sp³-hybridized carbons (Fsp3) is 0.318. The maximum absolute atomic E-state index is 12.7. The van der Waals surface area contributed by atoms with E-state index in [1.54, 1.807) is 6.07 Å². The molecule has 1 aromatic heterocycles. The van der Waals surface area contributed by atoms with E-state index in [-0.39, 0.29) is 26.6 Å². The van der Waals surface area contributed by atoms with Crippen LogP contribution in [0.25, 0.3) is 11.0 Å². The number of hydrogen-bond donors (Lipinski definition) is 4. The van der Waals surface area contributed by atoms with Crippen LogP contribution < -0.4 is 14.8 Å². The van der Waals surface area contributed by atoms with Crippen LogP contribution in [0.15, 0.2) is 41.3 Å². The van der Waals surface area contributed by atoms with Gasteiger partial charge in [-0.1, -0.05) is 29.3 Å². The first-order chi connectivity index (χ1) is 17.1. The summed E-state index contributed by atoms with van der Waals surface area (Å²) < 4.78 is 30.5. The van der Waals surface area contributed by atoms with E-state index in [0.29, 0.717) is 36.6 Å². The third-order valence-corrected chi connectivity index (χ3v) is 7.99. The second-order valence-electron chi connectivity index (χ2n) is 8.24. The van der Waals surface area contributed by atoms with Crippen molar-refractivity contribution in [2.45, 2.75) is 24.2 Å². The molecule has 1 fully saturated rings. The minimum atomic E-state index is -4.30. The van der Waals surface area contributed by atoms with E-state index in [4.69, 9.17) is 32.5 Å². The van der Waals surface area contributed by atoms with E-state index in [2.05, 4.69) is 20.6 Å². The van der Waals surface area contributed by atoms with Crippen molar-refractivity contribution in [2.75, 3.05) is 25.0 Å². The lowest BCUT2D eigenvalue weighted by atomic mass is 9.94. The second-order valence-corrected chi connectivity index (χ2v) is 10.5. The number of H-pyrrole nitrogens is 1. The molecule has 0 spiro atoms. The number of rotatable bonds is 7. The fourth-order valence-electron chi connectivity index (χ4n) is 3.94. The van der Waals surface area contributed by atoms with E-state index >= 15 is 0 Å². The Hall–Kier alpha value is -3.22. The number of amides is 3. The van der Waals surface area contributed by atoms with E-state index in [1.165, 1.54) is 35.2 Å². The van der Waals surface area contributed by atoms with Crippen molar-refractivity contribution >= 4 is 62.4 Å². The van der Waals surface area contributed by atoms with E-state index < -0.39 is 22.2 Å². The van der Waals surface area contributed by atoms with Gasteiger partial charge in [-0.2, -0.15) is 8.42 Å². The number of hydrogen-bond acceptors (Lipinski definition) is 6. The zero-order chi connectivity index (χ0) is 25.9. The number of nitrogens with zero attached hydrogens (tertiary/aromatic N) is 2. The first kappa shape index (κ1) is 25.9. The third kappa shape index (κ3) is 6.12. The third-order valence-electron chi connectivity index (χ3n) is 5.78. The number of aromatic amines is 1. The van der Waals surface area contributed by atoms with Crippen LogP contribution in [0, 0.1) is 5.92 Å². The maximum Gasteiger partial charge on any atom is 0.407 e. The van der Waals surface area contributed by atoms with Gasteiger partial charge < -0.3 is 24.5 Å². The Labute approximate surface area is 216 Å². The molecule has 2 heterocycles. The molecule has 3 amide bonds. The normalized spacial score (nSPS) is 14.6. The summed E-state index contributed by atoms with van der Waals surface area (Å²) in [5, 5.41) is 14.2. The molecule has 11 nitrogen and oxygen atoms in total. The van der Waals surface area contributed by atoms with E-state index in [0.717, 1.165) is 19.3 Å². The molecule has 0 atom stereocenters. The molecule has 3 aromatic rings. The van der Waals surface area contributed by atoms with E-state index in [9.17, 15) is 18.0 Å². The molecular weight excluding hydrogens is 533 g/mol. The van der Waals surface area contributed by atoms with Crippen LogP contribution in [0.4, 0.5) is 15.5 Å². The fourth-order valence-corrected chi connectivity index (χ4v) is 5.96. The van der Waals surface area contributed by atoms with Crippen LogP contribution in [0.1, 0.15) is 19.3 Å². The van der Waals surface area contributed by atoms with Gasteiger partial charge >= 0.3 is 22.2 Å². The molecule has 2 aromatic carbocycles. The van der Waals surface area contributed by atoms with Crippen LogP contribution in [0.3, 0.4) is 0 Å². The number of fused-ring (bicyclic) bond motifs is 1. The number of carbonyl (C=O) groups excluding carboxylic acids is 1. The van der Waals surface area contributed by atoms with E-state index in [1.807, 2.05) is 0 Å². The molecule has 0 saturated carbocycles. The number of nitrogens with one attached hydrogen (secondary N) is 3. The summed E-state index contributed by atoms with van der Waals surface area (Å²) in [5.41, 5.74) is 0.921. The molecule has 0 radical (unpaired) electrons. The molecule has 14 heteroatoms. The van der Waals surface area contributed by atoms with Gasteiger partial charge in [-0.05, 0) is 49.4 Å². The van der Waals surface area contributed by atoms with Crippen molar-refractivity contribution in [1.82, 2.24) is 20.2 Å². The lowest BCUT2D eigenvalue weighted by Crippen LogP contribution is -2.38. The molecular formula is C22H23Cl2N5O6S. The maximum atomic E-state index is 12.7. The summed E-state index contributed by atoms with van der Waals surface area (Å²) >= 11 is 12.0. The summed E-state index contributed by atoms with van der Waals surface area (Å²) in [6, 6.07) is 8.26. The van der Waals surface area contributed by atoms with Gasteiger partial charge in [0.2, 0.25) is 5.95 Å². The van der Waals surface area contributed by atoms with Gasteiger partial charge in [-0.25, -0.2) is 14.6 Å². The topological polar surface area (TPSA) is 154 Å². The van der Waals surface area contributed by atoms with Crippen molar-refractivity contribution in [3.05, 3.63) is 46.4 Å². The van der Waals surface area contributed by atoms with Crippen LogP contribution >= 0.6 is 23.2 Å². The summed E-state index contributed by atoms with van der Waals surface area (Å²) in [6.07, 6.45) is 1.37. The molecule has 0 aliphatic carbocycles. The number of likely N-dealkylation sites (tertiary alicyclic amines) is 1. The summed E-state index contributed by atoms with van der Waals surface area (Å²) in [7, 11) is -4.30. The Morgan fingerprint density at radius 2 is 1.86 bits per heavy atom. The highest BCUT2D eigenvalue weighted by atomic mass is 35.5. The van der Waals surface area contributed by atoms with Crippen LogP contribution in [0.5, 0.6) is 5.75 Å². The number of imidazole rings is 1. The van der Waals surface area contributed by atoms with Gasteiger partial charge in [0.15, 0.2) is 0 Å². The highest BCUT2D eigenvalue weighted by Gasteiger charge is 2.24. The van der Waals surface area contributed by atoms with Crippen molar-refractivity contribution in [2.24, 2.45) is 5.92 Å². The van der Waals surface area contributed by atoms with Gasteiger partial charge in [-0.3, -0.25) is 5.32 Å². The van der Waals surface area contributed by atoms with Gasteiger partial charge in [0.05, 0.1) is 21.1 Å². The first-order valence-corrected chi connectivity index (χ1v) is 13.2. The Bertz CT molecular complexity index is 1370. The minimum absolute atomic E-state index is 0.00469. The van der Waals surface area contributed by atoms with Crippen LogP contribution in [-0.2, 0) is 10.1 Å². The molecule has 1 aliphatic heterocycles. The average molecular weight is 556 g/mol. The zero-order valence-electron chi connectivity index (χ0n) is 18.8. The number of anilines is 1. The quantitative estimate of drug-likeness (QED) is 0.312. The largest absolute Gasteiger partial charge is 0.465 e. The average Bonchev–Trinajstić information content (AvgIpc) is 3.20. The summed E-state index contributed by atoms with van der Waals surface area (Å²) in [6.45, 7) is 1.44. The lowest BCUT2D eigenvalue weighted by Gasteiger charge is -2.29. The predicted molar refractivity (Wildman–Crippen MR) is 134 cm³/mol. The number of aromatic nitrogens is 2. The van der Waals surface area contributed by atoms with Gasteiger partial charge in [0, 0.05) is 25.7 Å². The van der Waals surface area contributed by atoms with Crippen molar-refractivity contribution in [1.29, 1.82) is 0 Å². The van der Waals surface area contributed by atoms with Gasteiger partial charge in [-0.15, -0.1) is 0 Å². The number of piperidine rings is 1. The van der Waals surface area contributed by atoms with Crippen LogP contribution in [0.2, 0.25) is 10.0 Å². The van der Waals surface area contributed by atoms with Crippen molar-refractivity contribution in [3.63, 3.8) is 0 Å². The molecule has 0 unspecified atom stereocenters. The lowest BCUT2D eigenvalue weighted by molar-refractivity contribution is 0.123. The molecule has 1 aliphatic rings. The Balaban J connectivity index is 1.33. The summed E-state index contributed by atoms with van der Waals surface area (Å²) in [4.78, 5) is 31.5. The number of benzene rings is 2. The predicted octanol–water partition coefficient (Wildman–Crippen LogP) is 4.54. The Morgan fingerprint density at radius 1 is 1.17 bits per heavy atom. The smallest absolute Gasteiger partial charge is 0.407 e. The highest BCUT2D eigenvalue weighted by Crippen LogP contribution is 2.32. The Morgan fingerprint density at radius 3 is 2.53 bits per heavy atom. The molecule has 4 rings (SSSR count). The molecule has 0 bridgehead atoms. The number of carbonyl (C=O) groups is 2. The Kier molecular flexibility index (Phi) is 7.76. The number of carboxylic acid groups (broad SMARTS) is 1. The number of halogens is 2.